The number of nitrogens with zero attached hydrogens (tertiary/aromatic N) is 5. The molecule has 0 bridgehead atoms. The van der Waals surface area contributed by atoms with E-state index in [2.05, 4.69) is 18.2 Å². The fourth-order valence-corrected chi connectivity index (χ4v) is 6.12. The highest BCUT2D eigenvalue weighted by molar-refractivity contribution is 7.89. The molecule has 0 unspecified atom stereocenters. The standard InChI is InChI=1S/C20H27N5O4S/c1-2-23-15-17(14-21-23)16-7-11-22(12-8-16)19-6-5-18(25(26)27)13-20(19)30(28,29)24-9-3-4-10-24/h5-6,13-16H,2-4,7-12H2,1H3. The first-order chi connectivity index (χ1) is 14.4. The smallest absolute Gasteiger partial charge is 0.270 e. The van der Waals surface area contributed by atoms with Crippen molar-refractivity contribution in [1.82, 2.24) is 14.1 Å². The van der Waals surface area contributed by atoms with E-state index in [0.29, 0.717) is 37.8 Å². The van der Waals surface area contributed by atoms with Crippen LogP contribution in [0.2, 0.25) is 0 Å². The Morgan fingerprint density at radius 3 is 2.47 bits per heavy atom. The number of aryl methyl sites for hydroxylation is 1. The van der Waals surface area contributed by atoms with E-state index < -0.39 is 14.9 Å². The maximum absolute atomic E-state index is 13.3. The summed E-state index contributed by atoms with van der Waals surface area (Å²) in [5.74, 6) is 0.387. The number of hydrogen-bond acceptors (Lipinski definition) is 6. The summed E-state index contributed by atoms with van der Waals surface area (Å²) in [6.45, 7) is 5.21. The highest BCUT2D eigenvalue weighted by atomic mass is 32.2. The normalized spacial score (nSPS) is 18.8. The molecule has 0 amide bonds. The SMILES string of the molecule is CCn1cc(C2CCN(c3ccc([N+](=O)[O-])cc3S(=O)(=O)N3CCCC3)CC2)cn1. The first-order valence-corrected chi connectivity index (χ1v) is 11.9. The lowest BCUT2D eigenvalue weighted by atomic mass is 9.91. The molecule has 10 heteroatoms. The van der Waals surface area contributed by atoms with Gasteiger partial charge in [0, 0.05) is 51.1 Å². The van der Waals surface area contributed by atoms with Crippen molar-refractivity contribution in [2.24, 2.45) is 0 Å². The van der Waals surface area contributed by atoms with Crippen LogP contribution in [0.15, 0.2) is 35.5 Å². The monoisotopic (exact) mass is 433 g/mol. The maximum Gasteiger partial charge on any atom is 0.270 e. The van der Waals surface area contributed by atoms with E-state index in [-0.39, 0.29) is 10.6 Å². The molecular weight excluding hydrogens is 406 g/mol. The molecule has 9 nitrogen and oxygen atoms in total. The van der Waals surface area contributed by atoms with Crippen molar-refractivity contribution in [1.29, 1.82) is 0 Å². The van der Waals surface area contributed by atoms with Gasteiger partial charge in [0.25, 0.3) is 5.69 Å². The van der Waals surface area contributed by atoms with Crippen molar-refractivity contribution in [2.45, 2.75) is 50.0 Å². The predicted octanol–water partition coefficient (Wildman–Crippen LogP) is 2.98. The molecule has 2 aliphatic heterocycles. The van der Waals surface area contributed by atoms with Crippen molar-refractivity contribution in [2.75, 3.05) is 31.1 Å². The molecule has 0 aliphatic carbocycles. The Morgan fingerprint density at radius 2 is 1.87 bits per heavy atom. The second kappa shape index (κ2) is 8.35. The van der Waals surface area contributed by atoms with Crippen molar-refractivity contribution >= 4 is 21.4 Å². The molecule has 4 rings (SSSR count). The van der Waals surface area contributed by atoms with E-state index in [1.54, 1.807) is 6.07 Å². The van der Waals surface area contributed by atoms with E-state index in [0.717, 1.165) is 32.2 Å². The number of benzene rings is 1. The average molecular weight is 434 g/mol. The molecule has 30 heavy (non-hydrogen) atoms. The van der Waals surface area contributed by atoms with Crippen LogP contribution in [0.4, 0.5) is 11.4 Å². The number of non-ortho nitro benzene ring substituents is 1. The quantitative estimate of drug-likeness (QED) is 0.513. The third-order valence-electron chi connectivity index (χ3n) is 6.12. The van der Waals surface area contributed by atoms with E-state index in [1.807, 2.05) is 15.8 Å². The van der Waals surface area contributed by atoms with Crippen molar-refractivity contribution in [3.63, 3.8) is 0 Å². The fraction of sp³-hybridized carbons (Fsp3) is 0.550. The molecule has 0 spiro atoms. The number of piperidine rings is 1. The van der Waals surface area contributed by atoms with Gasteiger partial charge >= 0.3 is 0 Å². The lowest BCUT2D eigenvalue weighted by Crippen LogP contribution is -2.35. The van der Waals surface area contributed by atoms with Gasteiger partial charge in [-0.15, -0.1) is 0 Å². The van der Waals surface area contributed by atoms with Gasteiger partial charge in [-0.3, -0.25) is 14.8 Å². The van der Waals surface area contributed by atoms with Gasteiger partial charge in [0.05, 0.1) is 16.8 Å². The average Bonchev–Trinajstić information content (AvgIpc) is 3.46. The third kappa shape index (κ3) is 3.93. The molecule has 2 aliphatic rings. The van der Waals surface area contributed by atoms with Gasteiger partial charge in [-0.05, 0) is 50.2 Å². The van der Waals surface area contributed by atoms with Crippen LogP contribution in [-0.4, -0.2) is 53.6 Å². The van der Waals surface area contributed by atoms with E-state index in [1.165, 1.54) is 22.0 Å². The first-order valence-electron chi connectivity index (χ1n) is 10.5. The Morgan fingerprint density at radius 1 is 1.17 bits per heavy atom. The lowest BCUT2D eigenvalue weighted by Gasteiger charge is -2.34. The Hall–Kier alpha value is -2.46. The second-order valence-electron chi connectivity index (χ2n) is 7.91. The van der Waals surface area contributed by atoms with Gasteiger partial charge in [-0.1, -0.05) is 0 Å². The van der Waals surface area contributed by atoms with Crippen LogP contribution in [0, 0.1) is 10.1 Å². The topological polar surface area (TPSA) is 102 Å². The summed E-state index contributed by atoms with van der Waals surface area (Å²) in [4.78, 5) is 12.9. The lowest BCUT2D eigenvalue weighted by molar-refractivity contribution is -0.385. The van der Waals surface area contributed by atoms with Gasteiger partial charge in [-0.2, -0.15) is 9.40 Å². The zero-order valence-corrected chi connectivity index (χ0v) is 17.9. The van der Waals surface area contributed by atoms with Crippen LogP contribution in [0.5, 0.6) is 0 Å². The first kappa shape index (κ1) is 20.8. The fourth-order valence-electron chi connectivity index (χ4n) is 4.37. The number of nitro groups is 1. The summed E-state index contributed by atoms with van der Waals surface area (Å²) in [7, 11) is -3.77. The minimum Gasteiger partial charge on any atom is -0.370 e. The van der Waals surface area contributed by atoms with Crippen molar-refractivity contribution in [3.8, 4) is 0 Å². The Labute approximate surface area is 176 Å². The number of hydrogen-bond donors (Lipinski definition) is 0. The zero-order valence-electron chi connectivity index (χ0n) is 17.1. The second-order valence-corrected chi connectivity index (χ2v) is 9.82. The van der Waals surface area contributed by atoms with Gasteiger partial charge in [0.1, 0.15) is 4.90 Å². The van der Waals surface area contributed by atoms with Gasteiger partial charge in [0.15, 0.2) is 0 Å². The molecular formula is C20H27N5O4S. The highest BCUT2D eigenvalue weighted by Gasteiger charge is 2.33. The summed E-state index contributed by atoms with van der Waals surface area (Å²) in [6, 6.07) is 4.21. The summed E-state index contributed by atoms with van der Waals surface area (Å²) >= 11 is 0. The van der Waals surface area contributed by atoms with Gasteiger partial charge < -0.3 is 4.90 Å². The molecule has 2 fully saturated rings. The maximum atomic E-state index is 13.3. The van der Waals surface area contributed by atoms with Crippen LogP contribution in [0.3, 0.4) is 0 Å². The molecule has 0 radical (unpaired) electrons. The molecule has 0 N–H and O–H groups in total. The predicted molar refractivity (Wildman–Crippen MR) is 113 cm³/mol. The van der Waals surface area contributed by atoms with Gasteiger partial charge in [0.2, 0.25) is 10.0 Å². The highest BCUT2D eigenvalue weighted by Crippen LogP contribution is 2.36. The molecule has 0 saturated carbocycles. The molecule has 2 saturated heterocycles. The van der Waals surface area contributed by atoms with Crippen molar-refractivity contribution in [3.05, 3.63) is 46.3 Å². The van der Waals surface area contributed by atoms with Crippen molar-refractivity contribution < 1.29 is 13.3 Å². The van der Waals surface area contributed by atoms with Crippen LogP contribution in [-0.2, 0) is 16.6 Å². The van der Waals surface area contributed by atoms with Crippen LogP contribution in [0.25, 0.3) is 0 Å². The molecule has 0 atom stereocenters. The van der Waals surface area contributed by atoms with Crippen LogP contribution >= 0.6 is 0 Å². The number of rotatable bonds is 6. The minimum absolute atomic E-state index is 0.0517. The summed E-state index contributed by atoms with van der Waals surface area (Å²) < 4.78 is 29.9. The molecule has 2 aromatic rings. The van der Waals surface area contributed by atoms with Crippen LogP contribution < -0.4 is 4.90 Å². The third-order valence-corrected chi connectivity index (χ3v) is 8.05. The minimum atomic E-state index is -3.77. The van der Waals surface area contributed by atoms with E-state index in [4.69, 9.17) is 0 Å². The zero-order chi connectivity index (χ0) is 21.3. The van der Waals surface area contributed by atoms with E-state index >= 15 is 0 Å². The number of anilines is 1. The Bertz CT molecular complexity index is 1020. The molecule has 1 aromatic carbocycles. The largest absolute Gasteiger partial charge is 0.370 e. The molecule has 162 valence electrons. The van der Waals surface area contributed by atoms with Gasteiger partial charge in [-0.25, -0.2) is 8.42 Å². The summed E-state index contributed by atoms with van der Waals surface area (Å²) in [5.41, 5.74) is 1.58. The number of nitro benzene ring substituents is 1. The number of sulfonamides is 1. The molecule has 3 heterocycles. The van der Waals surface area contributed by atoms with E-state index in [9.17, 15) is 18.5 Å². The Balaban J connectivity index is 1.60. The summed E-state index contributed by atoms with van der Waals surface area (Å²) in [6.07, 6.45) is 7.40. The number of aromatic nitrogens is 2. The van der Waals surface area contributed by atoms with Crippen LogP contribution in [0.1, 0.15) is 44.1 Å². The molecule has 1 aromatic heterocycles. The Kier molecular flexibility index (Phi) is 5.79. The summed E-state index contributed by atoms with van der Waals surface area (Å²) in [5, 5.41) is 15.6.